The van der Waals surface area contributed by atoms with Crippen LogP contribution in [0.3, 0.4) is 0 Å². The van der Waals surface area contributed by atoms with Gasteiger partial charge in [0.15, 0.2) is 0 Å². The second-order valence-corrected chi connectivity index (χ2v) is 6.34. The second kappa shape index (κ2) is 7.09. The summed E-state index contributed by atoms with van der Waals surface area (Å²) in [5.41, 5.74) is 5.80. The number of nitrogens with zero attached hydrogens (tertiary/aromatic N) is 2. The van der Waals surface area contributed by atoms with Gasteiger partial charge in [0.2, 0.25) is 11.8 Å². The Hall–Kier alpha value is -1.62. The Labute approximate surface area is 131 Å². The molecule has 5 nitrogen and oxygen atoms in total. The van der Waals surface area contributed by atoms with Crippen molar-refractivity contribution >= 4 is 5.91 Å². The van der Waals surface area contributed by atoms with Crippen LogP contribution in [-0.2, 0) is 4.79 Å². The molecule has 0 radical (unpaired) electrons. The average molecular weight is 303 g/mol. The van der Waals surface area contributed by atoms with Crippen molar-refractivity contribution < 1.29 is 9.53 Å². The van der Waals surface area contributed by atoms with Crippen molar-refractivity contribution in [2.45, 2.75) is 38.2 Å². The van der Waals surface area contributed by atoms with Gasteiger partial charge in [0.05, 0.1) is 0 Å². The molecule has 1 aliphatic heterocycles. The van der Waals surface area contributed by atoms with Crippen LogP contribution in [0.15, 0.2) is 24.4 Å². The summed E-state index contributed by atoms with van der Waals surface area (Å²) in [4.78, 5) is 18.9. The maximum Gasteiger partial charge on any atom is 0.226 e. The van der Waals surface area contributed by atoms with Crippen molar-refractivity contribution in [1.82, 2.24) is 9.88 Å². The third-order valence-electron chi connectivity index (χ3n) is 4.96. The highest BCUT2D eigenvalue weighted by Gasteiger charge is 2.36. The average Bonchev–Trinajstić information content (AvgIpc) is 3.04. The molecule has 3 rings (SSSR count). The van der Waals surface area contributed by atoms with E-state index in [0.717, 1.165) is 45.2 Å². The Balaban J connectivity index is 1.50. The lowest BCUT2D eigenvalue weighted by atomic mass is 9.93. The fourth-order valence-corrected chi connectivity index (χ4v) is 3.66. The van der Waals surface area contributed by atoms with Gasteiger partial charge in [-0.15, -0.1) is 0 Å². The van der Waals surface area contributed by atoms with Crippen molar-refractivity contribution in [2.24, 2.45) is 17.6 Å². The molecule has 1 saturated heterocycles. The molecule has 0 aromatic carbocycles. The van der Waals surface area contributed by atoms with Crippen LogP contribution in [-0.4, -0.2) is 41.5 Å². The van der Waals surface area contributed by atoms with Crippen LogP contribution in [0.5, 0.6) is 5.88 Å². The molecular formula is C17H25N3O2. The van der Waals surface area contributed by atoms with E-state index in [2.05, 4.69) is 4.98 Å². The molecule has 2 fully saturated rings. The topological polar surface area (TPSA) is 68.5 Å². The third-order valence-corrected chi connectivity index (χ3v) is 4.96. The minimum Gasteiger partial charge on any atom is -0.474 e. The van der Waals surface area contributed by atoms with Gasteiger partial charge in [-0.1, -0.05) is 12.5 Å². The summed E-state index contributed by atoms with van der Waals surface area (Å²) in [6, 6.07) is 5.68. The first-order chi connectivity index (χ1) is 10.8. The number of likely N-dealkylation sites (tertiary alicyclic amines) is 1. The quantitative estimate of drug-likeness (QED) is 0.921. The molecule has 0 bridgehead atoms. The Morgan fingerprint density at radius 2 is 2.09 bits per heavy atom. The van der Waals surface area contributed by atoms with E-state index in [0.29, 0.717) is 24.2 Å². The zero-order chi connectivity index (χ0) is 15.4. The van der Waals surface area contributed by atoms with Gasteiger partial charge in [-0.25, -0.2) is 4.98 Å². The molecule has 0 spiro atoms. The molecule has 5 heteroatoms. The number of aromatic nitrogens is 1. The molecule has 120 valence electrons. The van der Waals surface area contributed by atoms with E-state index < -0.39 is 0 Å². The lowest BCUT2D eigenvalue weighted by Gasteiger charge is -2.34. The van der Waals surface area contributed by atoms with Crippen LogP contribution in [0.2, 0.25) is 0 Å². The van der Waals surface area contributed by atoms with Crippen LogP contribution in [0, 0.1) is 11.8 Å². The highest BCUT2D eigenvalue weighted by Crippen LogP contribution is 2.33. The predicted octanol–water partition coefficient (Wildman–Crippen LogP) is 1.83. The zero-order valence-electron chi connectivity index (χ0n) is 13.0. The number of nitrogens with two attached hydrogens (primary N) is 1. The maximum absolute atomic E-state index is 12.7. The Bertz CT molecular complexity index is 486. The lowest BCUT2D eigenvalue weighted by molar-refractivity contribution is -0.138. The fourth-order valence-electron chi connectivity index (χ4n) is 3.66. The normalized spacial score (nSPS) is 26.1. The van der Waals surface area contributed by atoms with Crippen molar-refractivity contribution in [3.8, 4) is 5.88 Å². The summed E-state index contributed by atoms with van der Waals surface area (Å²) in [5, 5.41) is 0. The standard InChI is InChI=1S/C17H25N3O2/c18-12-13-4-3-5-15(13)17(21)20-10-7-14(8-11-20)22-16-6-1-2-9-19-16/h1-2,6,9,13-15H,3-5,7-8,10-12,18H2/t13-,15-/m1/s1. The van der Waals surface area contributed by atoms with Crippen LogP contribution in [0.4, 0.5) is 0 Å². The van der Waals surface area contributed by atoms with Gasteiger partial charge in [-0.3, -0.25) is 4.79 Å². The number of carbonyl (C=O) groups is 1. The van der Waals surface area contributed by atoms with E-state index in [1.807, 2.05) is 23.1 Å². The van der Waals surface area contributed by atoms with E-state index in [1.165, 1.54) is 0 Å². The summed E-state index contributed by atoms with van der Waals surface area (Å²) in [5.74, 6) is 1.52. The van der Waals surface area contributed by atoms with Gasteiger partial charge < -0.3 is 15.4 Å². The van der Waals surface area contributed by atoms with Gasteiger partial charge in [0, 0.05) is 44.1 Å². The minimum absolute atomic E-state index is 0.151. The smallest absolute Gasteiger partial charge is 0.226 e. The van der Waals surface area contributed by atoms with Crippen LogP contribution >= 0.6 is 0 Å². The number of amides is 1. The van der Waals surface area contributed by atoms with E-state index in [4.69, 9.17) is 10.5 Å². The van der Waals surface area contributed by atoms with E-state index in [-0.39, 0.29) is 12.0 Å². The van der Waals surface area contributed by atoms with Crippen LogP contribution < -0.4 is 10.5 Å². The van der Waals surface area contributed by atoms with Crippen molar-refractivity contribution in [3.63, 3.8) is 0 Å². The first kappa shape index (κ1) is 15.3. The molecule has 22 heavy (non-hydrogen) atoms. The van der Waals surface area contributed by atoms with Gasteiger partial charge in [0.1, 0.15) is 6.10 Å². The molecule has 2 atom stereocenters. The number of carbonyl (C=O) groups excluding carboxylic acids is 1. The summed E-state index contributed by atoms with van der Waals surface area (Å²) in [6.45, 7) is 2.20. The fraction of sp³-hybridized carbons (Fsp3) is 0.647. The van der Waals surface area contributed by atoms with Crippen molar-refractivity contribution in [1.29, 1.82) is 0 Å². The molecule has 1 aromatic heterocycles. The first-order valence-corrected chi connectivity index (χ1v) is 8.34. The number of rotatable bonds is 4. The summed E-state index contributed by atoms with van der Waals surface area (Å²) < 4.78 is 5.88. The van der Waals surface area contributed by atoms with E-state index >= 15 is 0 Å². The maximum atomic E-state index is 12.7. The van der Waals surface area contributed by atoms with Gasteiger partial charge in [-0.05, 0) is 31.4 Å². The minimum atomic E-state index is 0.151. The SMILES string of the molecule is NC[C@H]1CCC[C@H]1C(=O)N1CCC(Oc2ccccn2)CC1. The molecule has 1 amide bonds. The molecular weight excluding hydrogens is 278 g/mol. The van der Waals surface area contributed by atoms with E-state index in [9.17, 15) is 4.79 Å². The molecule has 2 heterocycles. The monoisotopic (exact) mass is 303 g/mol. The third kappa shape index (κ3) is 3.40. The Kier molecular flexibility index (Phi) is 4.93. The van der Waals surface area contributed by atoms with Crippen molar-refractivity contribution in [2.75, 3.05) is 19.6 Å². The van der Waals surface area contributed by atoms with E-state index in [1.54, 1.807) is 6.20 Å². The molecule has 2 aliphatic rings. The summed E-state index contributed by atoms with van der Waals surface area (Å²) >= 11 is 0. The molecule has 2 N–H and O–H groups in total. The first-order valence-electron chi connectivity index (χ1n) is 8.34. The van der Waals surface area contributed by atoms with Gasteiger partial charge >= 0.3 is 0 Å². The highest BCUT2D eigenvalue weighted by atomic mass is 16.5. The Morgan fingerprint density at radius 3 is 2.77 bits per heavy atom. The molecule has 1 aliphatic carbocycles. The number of pyridine rings is 1. The van der Waals surface area contributed by atoms with Gasteiger partial charge in [0.25, 0.3) is 0 Å². The lowest BCUT2D eigenvalue weighted by Crippen LogP contribution is -2.45. The van der Waals surface area contributed by atoms with Crippen LogP contribution in [0.1, 0.15) is 32.1 Å². The zero-order valence-corrected chi connectivity index (χ0v) is 13.0. The Morgan fingerprint density at radius 1 is 1.27 bits per heavy atom. The number of hydrogen-bond donors (Lipinski definition) is 1. The van der Waals surface area contributed by atoms with Gasteiger partial charge in [-0.2, -0.15) is 0 Å². The number of ether oxygens (including phenoxy) is 1. The van der Waals surface area contributed by atoms with Crippen molar-refractivity contribution in [3.05, 3.63) is 24.4 Å². The highest BCUT2D eigenvalue weighted by molar-refractivity contribution is 5.79. The second-order valence-electron chi connectivity index (χ2n) is 6.34. The van der Waals surface area contributed by atoms with Crippen LogP contribution in [0.25, 0.3) is 0 Å². The predicted molar refractivity (Wildman–Crippen MR) is 84.4 cm³/mol. The number of hydrogen-bond acceptors (Lipinski definition) is 4. The molecule has 1 saturated carbocycles. The summed E-state index contributed by atoms with van der Waals surface area (Å²) in [7, 11) is 0. The summed E-state index contributed by atoms with van der Waals surface area (Å²) in [6.07, 6.45) is 6.90. The molecule has 0 unspecified atom stereocenters. The largest absolute Gasteiger partial charge is 0.474 e. The molecule has 1 aromatic rings. The number of piperidine rings is 1.